The SMILES string of the molecule is C=C1C[C@@]23CC[C@H]4[C@](C)(CCC[C@@]4(C)C(=O)O[C@H]4O[C@@H](CO)[C@H](O)[C@@H](O)[C@@H]4O[C@@H]4O[C@@H](CO)[C@@H](O)[C@@H](O)[C@@H]4O)[C@H]2CC[C@]1(O[C@H]1O[C@@H](CO)[C@H](O)[C@H](O)[C@@H]1O[C@@H]1O[C@H](CO)[C@@H](O)[C@@H](O[C@@H]2O[C@@H](CO)[C@@H](O)[C@H](O)[C@H]2O)[C@H]1O)C3. The first-order chi connectivity index (χ1) is 36.9. The third-order valence-corrected chi connectivity index (χ3v) is 19.2. The predicted octanol–water partition coefficient (Wildman–Crippen LogP) is -7.29. The Morgan fingerprint density at radius 3 is 1.42 bits per heavy atom. The van der Waals surface area contributed by atoms with Crippen LogP contribution >= 0.6 is 0 Å². The Hall–Kier alpha value is -1.83. The molecule has 9 aliphatic rings. The fraction of sp³-hybridized carbons (Fsp3) is 0.940. The molecule has 4 saturated carbocycles. The topological polar surface area (TPSA) is 453 Å². The lowest BCUT2D eigenvalue weighted by Crippen LogP contribution is -2.67. The quantitative estimate of drug-likeness (QED) is 0.0411. The molecule has 0 aromatic rings. The zero-order valence-electron chi connectivity index (χ0n) is 43.3. The van der Waals surface area contributed by atoms with E-state index in [2.05, 4.69) is 13.5 Å². The molecule has 17 N–H and O–H groups in total. The Morgan fingerprint density at radius 1 is 0.487 bits per heavy atom. The molecule has 9 fully saturated rings. The largest absolute Gasteiger partial charge is 0.432 e. The van der Waals surface area contributed by atoms with Crippen LogP contribution in [-0.4, -0.2) is 285 Å². The third-order valence-electron chi connectivity index (χ3n) is 19.2. The van der Waals surface area contributed by atoms with E-state index in [1.807, 2.05) is 0 Å². The number of carbonyl (C=O) groups is 1. The van der Waals surface area contributed by atoms with E-state index in [9.17, 15) is 91.6 Å². The molecule has 28 heteroatoms. The first-order valence-electron chi connectivity index (χ1n) is 26.9. The van der Waals surface area contributed by atoms with Gasteiger partial charge in [-0.3, -0.25) is 4.79 Å². The van der Waals surface area contributed by atoms with Crippen molar-refractivity contribution in [1.82, 2.24) is 0 Å². The standard InChI is InChI=1S/C50H80O28/c1-18-11-49-9-5-24-47(2,7-4-8-48(24,3)46(68)77-44-39(33(63)28(58)21(14-53)72-44)75-42-36(66)32(62)27(57)20(13-52)70-42)25(49)6-10-50(18,17-49)78-45-40(34(64)29(59)22(15-54)73-45)76-43-37(67)38(30(60)23(16-55)71-43)74-41-35(65)31(61)26(56)19(12-51)69-41/h19-45,51-67H,1,4-17H2,2-3H3/t19-,20-,21-,22-,23+,24-,25+,26+,27+,28-,29-,30+,31-,32+,33+,34-,35+,36-,37+,38+,39-,40-,41-,42-,43-,44+,45+,47-,48+,49+,50-/m0/s1. The monoisotopic (exact) mass is 1130 g/mol. The number of aliphatic hydroxyl groups is 17. The van der Waals surface area contributed by atoms with Crippen LogP contribution in [0.2, 0.25) is 0 Å². The molecule has 28 nitrogen and oxygen atoms in total. The molecule has 2 bridgehead atoms. The van der Waals surface area contributed by atoms with Gasteiger partial charge >= 0.3 is 5.97 Å². The van der Waals surface area contributed by atoms with Crippen LogP contribution < -0.4 is 0 Å². The Labute approximate surface area is 448 Å². The van der Waals surface area contributed by atoms with Crippen molar-refractivity contribution in [3.8, 4) is 0 Å². The second-order valence-electron chi connectivity index (χ2n) is 23.6. The highest BCUT2D eigenvalue weighted by atomic mass is 16.8. The van der Waals surface area contributed by atoms with Gasteiger partial charge < -0.3 is 134 Å². The third kappa shape index (κ3) is 10.3. The Bertz CT molecular complexity index is 2070. The molecule has 78 heavy (non-hydrogen) atoms. The maximum atomic E-state index is 14.9. The van der Waals surface area contributed by atoms with Gasteiger partial charge in [0.2, 0.25) is 6.29 Å². The first-order valence-corrected chi connectivity index (χ1v) is 26.9. The average molecular weight is 1130 g/mol. The molecule has 5 saturated heterocycles. The minimum absolute atomic E-state index is 0.0405. The highest BCUT2D eigenvalue weighted by molar-refractivity contribution is 5.77. The highest BCUT2D eigenvalue weighted by Gasteiger charge is 2.70. The number of aliphatic hydroxyl groups excluding tert-OH is 17. The van der Waals surface area contributed by atoms with Crippen molar-refractivity contribution in [1.29, 1.82) is 0 Å². The Kier molecular flexibility index (Phi) is 18.2. The summed E-state index contributed by atoms with van der Waals surface area (Å²) >= 11 is 0. The summed E-state index contributed by atoms with van der Waals surface area (Å²) in [4.78, 5) is 14.9. The van der Waals surface area contributed by atoms with Crippen LogP contribution in [-0.2, 0) is 52.2 Å². The molecule has 5 heterocycles. The summed E-state index contributed by atoms with van der Waals surface area (Å²) in [6.45, 7) is 4.36. The van der Waals surface area contributed by atoms with Crippen molar-refractivity contribution in [2.24, 2.45) is 28.1 Å². The van der Waals surface area contributed by atoms with Crippen LogP contribution in [0, 0.1) is 28.1 Å². The van der Waals surface area contributed by atoms with Gasteiger partial charge in [0.1, 0.15) is 116 Å². The van der Waals surface area contributed by atoms with Crippen molar-refractivity contribution < 1.29 is 139 Å². The number of carbonyl (C=O) groups excluding carboxylic acids is 1. The number of ether oxygens (including phenoxy) is 10. The van der Waals surface area contributed by atoms with Crippen LogP contribution in [0.15, 0.2) is 12.2 Å². The number of fused-ring (bicyclic) bond motifs is 3. The molecule has 31 atom stereocenters. The fourth-order valence-corrected chi connectivity index (χ4v) is 15.0. The van der Waals surface area contributed by atoms with Crippen LogP contribution in [0.1, 0.15) is 71.6 Å². The van der Waals surface area contributed by atoms with Gasteiger partial charge in [0.15, 0.2) is 31.3 Å². The summed E-state index contributed by atoms with van der Waals surface area (Å²) in [5.74, 6) is -1.08. The second-order valence-corrected chi connectivity index (χ2v) is 23.6. The zero-order chi connectivity index (χ0) is 56.7. The summed E-state index contributed by atoms with van der Waals surface area (Å²) in [5.41, 5.74) is -2.64. The summed E-state index contributed by atoms with van der Waals surface area (Å²) in [5, 5.41) is 181. The minimum Gasteiger partial charge on any atom is -0.432 e. The molecule has 0 amide bonds. The van der Waals surface area contributed by atoms with Crippen LogP contribution in [0.5, 0.6) is 0 Å². The summed E-state index contributed by atoms with van der Waals surface area (Å²) in [6, 6.07) is 0. The van der Waals surface area contributed by atoms with E-state index in [0.29, 0.717) is 63.4 Å². The smallest absolute Gasteiger partial charge is 0.314 e. The van der Waals surface area contributed by atoms with Gasteiger partial charge in [-0.15, -0.1) is 0 Å². The summed E-state index contributed by atoms with van der Waals surface area (Å²) < 4.78 is 59.4. The number of esters is 1. The van der Waals surface area contributed by atoms with Crippen LogP contribution in [0.4, 0.5) is 0 Å². The molecular formula is C50H80O28. The lowest BCUT2D eigenvalue weighted by atomic mass is 9.41. The number of rotatable bonds is 15. The predicted molar refractivity (Wildman–Crippen MR) is 252 cm³/mol. The lowest BCUT2D eigenvalue weighted by molar-refractivity contribution is -0.391. The van der Waals surface area contributed by atoms with Gasteiger partial charge in [0, 0.05) is 0 Å². The van der Waals surface area contributed by atoms with Crippen LogP contribution in [0.3, 0.4) is 0 Å². The molecule has 0 aromatic heterocycles. The molecule has 0 aromatic carbocycles. The molecule has 0 radical (unpaired) electrons. The van der Waals surface area contributed by atoms with Crippen LogP contribution in [0.25, 0.3) is 0 Å². The average Bonchev–Trinajstić information content (AvgIpc) is 3.87. The first kappa shape index (κ1) is 60.8. The highest BCUT2D eigenvalue weighted by Crippen LogP contribution is 2.74. The molecular weight excluding hydrogens is 1050 g/mol. The molecule has 0 unspecified atom stereocenters. The van der Waals surface area contributed by atoms with E-state index < -0.39 is 214 Å². The molecule has 5 aliphatic heterocycles. The van der Waals surface area contributed by atoms with Crippen molar-refractivity contribution >= 4 is 5.97 Å². The van der Waals surface area contributed by atoms with Gasteiger partial charge in [0.25, 0.3) is 0 Å². The van der Waals surface area contributed by atoms with Gasteiger partial charge in [-0.05, 0) is 86.5 Å². The van der Waals surface area contributed by atoms with Gasteiger partial charge in [-0.1, -0.05) is 19.9 Å². The second kappa shape index (κ2) is 23.3. The van der Waals surface area contributed by atoms with E-state index in [1.165, 1.54) is 0 Å². The number of hydrogen-bond donors (Lipinski definition) is 17. The normalized spacial score (nSPS) is 54.5. The summed E-state index contributed by atoms with van der Waals surface area (Å²) in [6.07, 6.45) is -39.4. The van der Waals surface area contributed by atoms with E-state index in [-0.39, 0.29) is 11.8 Å². The van der Waals surface area contributed by atoms with Crippen molar-refractivity contribution in [3.05, 3.63) is 12.2 Å². The van der Waals surface area contributed by atoms with Gasteiger partial charge in [-0.2, -0.15) is 0 Å². The lowest BCUT2D eigenvalue weighted by Gasteiger charge is -2.64. The van der Waals surface area contributed by atoms with Crippen molar-refractivity contribution in [2.75, 3.05) is 33.0 Å². The Balaban J connectivity index is 0.922. The minimum atomic E-state index is -2.03. The maximum absolute atomic E-state index is 14.9. The molecule has 448 valence electrons. The van der Waals surface area contributed by atoms with E-state index in [1.54, 1.807) is 6.92 Å². The summed E-state index contributed by atoms with van der Waals surface area (Å²) in [7, 11) is 0. The Morgan fingerprint density at radius 2 is 0.910 bits per heavy atom. The number of hydrogen-bond acceptors (Lipinski definition) is 28. The molecule has 9 rings (SSSR count). The maximum Gasteiger partial charge on any atom is 0.314 e. The molecule has 4 aliphatic carbocycles. The van der Waals surface area contributed by atoms with E-state index >= 15 is 0 Å². The van der Waals surface area contributed by atoms with E-state index in [0.717, 1.165) is 0 Å². The van der Waals surface area contributed by atoms with Gasteiger partial charge in [0.05, 0.1) is 44.1 Å². The van der Waals surface area contributed by atoms with Crippen molar-refractivity contribution in [2.45, 2.75) is 231 Å². The molecule has 1 spiro atoms. The van der Waals surface area contributed by atoms with E-state index in [4.69, 9.17) is 47.4 Å². The van der Waals surface area contributed by atoms with Gasteiger partial charge in [-0.25, -0.2) is 0 Å². The zero-order valence-corrected chi connectivity index (χ0v) is 43.3. The van der Waals surface area contributed by atoms with Crippen molar-refractivity contribution in [3.63, 3.8) is 0 Å². The fourth-order valence-electron chi connectivity index (χ4n) is 15.0.